The normalized spacial score (nSPS) is 25.6. The monoisotopic (exact) mass is 234 g/mol. The van der Waals surface area contributed by atoms with Gasteiger partial charge in [-0.3, -0.25) is 4.68 Å². The van der Waals surface area contributed by atoms with Crippen LogP contribution in [0.4, 0.5) is 13.2 Å². The van der Waals surface area contributed by atoms with Gasteiger partial charge in [0.15, 0.2) is 5.69 Å². The van der Waals surface area contributed by atoms with Gasteiger partial charge in [-0.25, -0.2) is 0 Å². The van der Waals surface area contributed by atoms with Crippen LogP contribution >= 0.6 is 0 Å². The standard InChI is InChI=1S/C10H13F3N2O/c1-9(16)4-3-7-6(5-9)8(10(11,12)13)14-15(7)2/h16H,3-5H2,1-2H3. The summed E-state index contributed by atoms with van der Waals surface area (Å²) in [6.45, 7) is 1.56. The summed E-state index contributed by atoms with van der Waals surface area (Å²) in [6, 6.07) is 0. The van der Waals surface area contributed by atoms with Gasteiger partial charge in [0.05, 0.1) is 5.60 Å². The van der Waals surface area contributed by atoms with Gasteiger partial charge >= 0.3 is 6.18 Å². The molecule has 1 aromatic rings. The topological polar surface area (TPSA) is 38.0 Å². The van der Waals surface area contributed by atoms with Gasteiger partial charge in [-0.15, -0.1) is 0 Å². The lowest BCUT2D eigenvalue weighted by Crippen LogP contribution is -2.33. The number of hydrogen-bond donors (Lipinski definition) is 1. The lowest BCUT2D eigenvalue weighted by Gasteiger charge is -2.28. The van der Waals surface area contributed by atoms with Crippen LogP contribution in [0.1, 0.15) is 30.3 Å². The highest BCUT2D eigenvalue weighted by molar-refractivity contribution is 5.32. The molecule has 0 saturated heterocycles. The van der Waals surface area contributed by atoms with Crippen LogP contribution < -0.4 is 0 Å². The predicted octanol–water partition coefficient (Wildman–Crippen LogP) is 1.68. The summed E-state index contributed by atoms with van der Waals surface area (Å²) in [7, 11) is 1.51. The zero-order valence-corrected chi connectivity index (χ0v) is 9.10. The van der Waals surface area contributed by atoms with Gasteiger partial charge < -0.3 is 5.11 Å². The molecule has 2 rings (SSSR count). The molecule has 90 valence electrons. The third-order valence-electron chi connectivity index (χ3n) is 3.00. The third kappa shape index (κ3) is 1.81. The first-order valence-corrected chi connectivity index (χ1v) is 5.05. The Morgan fingerprint density at radius 2 is 2.06 bits per heavy atom. The second-order valence-electron chi connectivity index (χ2n) is 4.57. The molecule has 1 atom stereocenters. The van der Waals surface area contributed by atoms with Gasteiger partial charge in [0.25, 0.3) is 0 Å². The number of aromatic nitrogens is 2. The number of aliphatic hydroxyl groups is 1. The first-order chi connectivity index (χ1) is 7.21. The van der Waals surface area contributed by atoms with Crippen molar-refractivity contribution in [2.24, 2.45) is 7.05 Å². The number of nitrogens with zero attached hydrogens (tertiary/aromatic N) is 2. The Labute approximate surface area is 90.9 Å². The summed E-state index contributed by atoms with van der Waals surface area (Å²) >= 11 is 0. The number of rotatable bonds is 0. The molecule has 1 aromatic heterocycles. The van der Waals surface area contributed by atoms with Crippen molar-refractivity contribution in [3.8, 4) is 0 Å². The number of aryl methyl sites for hydroxylation is 1. The smallest absolute Gasteiger partial charge is 0.390 e. The Hall–Kier alpha value is -1.04. The van der Waals surface area contributed by atoms with Crippen molar-refractivity contribution in [3.05, 3.63) is 17.0 Å². The summed E-state index contributed by atoms with van der Waals surface area (Å²) in [5.74, 6) is 0. The third-order valence-corrected chi connectivity index (χ3v) is 3.00. The van der Waals surface area contributed by atoms with Crippen LogP contribution in [0.25, 0.3) is 0 Å². The van der Waals surface area contributed by atoms with Crippen molar-refractivity contribution in [2.45, 2.75) is 38.0 Å². The Morgan fingerprint density at radius 1 is 1.44 bits per heavy atom. The zero-order valence-electron chi connectivity index (χ0n) is 9.10. The van der Waals surface area contributed by atoms with Crippen molar-refractivity contribution in [1.82, 2.24) is 9.78 Å². The first kappa shape index (κ1) is 11.4. The van der Waals surface area contributed by atoms with E-state index in [-0.39, 0.29) is 12.0 Å². The molecule has 0 amide bonds. The molecule has 1 N–H and O–H groups in total. The molecule has 0 radical (unpaired) electrons. The maximum absolute atomic E-state index is 12.7. The molecule has 16 heavy (non-hydrogen) atoms. The van der Waals surface area contributed by atoms with E-state index in [1.807, 2.05) is 0 Å². The van der Waals surface area contributed by atoms with Crippen molar-refractivity contribution < 1.29 is 18.3 Å². The zero-order chi connectivity index (χ0) is 12.1. The highest BCUT2D eigenvalue weighted by Gasteiger charge is 2.42. The molecule has 1 heterocycles. The summed E-state index contributed by atoms with van der Waals surface area (Å²) in [5, 5.41) is 13.3. The van der Waals surface area contributed by atoms with Crippen molar-refractivity contribution >= 4 is 0 Å². The van der Waals surface area contributed by atoms with Gasteiger partial charge in [-0.1, -0.05) is 0 Å². The van der Waals surface area contributed by atoms with Crippen molar-refractivity contribution in [1.29, 1.82) is 0 Å². The Kier molecular flexibility index (Phi) is 2.31. The summed E-state index contributed by atoms with van der Waals surface area (Å²) < 4.78 is 39.3. The number of hydrogen-bond acceptors (Lipinski definition) is 2. The molecule has 1 aliphatic rings. The summed E-state index contributed by atoms with van der Waals surface area (Å²) in [4.78, 5) is 0. The molecule has 3 nitrogen and oxygen atoms in total. The van der Waals surface area contributed by atoms with Crippen molar-refractivity contribution in [2.75, 3.05) is 0 Å². The fraction of sp³-hybridized carbons (Fsp3) is 0.700. The van der Waals surface area contributed by atoms with Crippen molar-refractivity contribution in [3.63, 3.8) is 0 Å². The van der Waals surface area contributed by atoms with Gasteiger partial charge in [-0.2, -0.15) is 18.3 Å². The average Bonchev–Trinajstić information content (AvgIpc) is 2.40. The molecule has 1 aliphatic carbocycles. The van der Waals surface area contributed by atoms with Crippen LogP contribution in [-0.2, 0) is 26.1 Å². The van der Waals surface area contributed by atoms with Gasteiger partial charge in [0.2, 0.25) is 0 Å². The second-order valence-corrected chi connectivity index (χ2v) is 4.57. The van der Waals surface area contributed by atoms with Crippen LogP contribution in [0.3, 0.4) is 0 Å². The Balaban J connectivity index is 2.52. The Morgan fingerprint density at radius 3 is 2.62 bits per heavy atom. The minimum Gasteiger partial charge on any atom is -0.390 e. The van der Waals surface area contributed by atoms with Crippen LogP contribution in [-0.4, -0.2) is 20.5 Å². The van der Waals surface area contributed by atoms with E-state index in [1.54, 1.807) is 6.92 Å². The second kappa shape index (κ2) is 3.23. The number of halogens is 3. The van der Waals surface area contributed by atoms with E-state index in [2.05, 4.69) is 5.10 Å². The van der Waals surface area contributed by atoms with Gasteiger partial charge in [0.1, 0.15) is 0 Å². The SMILES string of the molecule is Cn1nc(C(F)(F)F)c2c1CCC(C)(O)C2. The number of fused-ring (bicyclic) bond motifs is 1. The molecular formula is C10H13F3N2O. The minimum absolute atomic E-state index is 0.0189. The maximum atomic E-state index is 12.7. The molecule has 0 aromatic carbocycles. The predicted molar refractivity (Wildman–Crippen MR) is 50.9 cm³/mol. The van der Waals surface area contributed by atoms with Crippen LogP contribution in [0.5, 0.6) is 0 Å². The fourth-order valence-corrected chi connectivity index (χ4v) is 2.19. The highest BCUT2D eigenvalue weighted by Crippen LogP contribution is 2.37. The van der Waals surface area contributed by atoms with Crippen LogP contribution in [0.2, 0.25) is 0 Å². The minimum atomic E-state index is -4.45. The molecule has 0 saturated carbocycles. The molecule has 0 spiro atoms. The molecule has 6 heteroatoms. The van der Waals surface area contributed by atoms with Gasteiger partial charge in [-0.05, 0) is 19.8 Å². The van der Waals surface area contributed by atoms with Crippen LogP contribution in [0, 0.1) is 0 Å². The molecule has 1 unspecified atom stereocenters. The van der Waals surface area contributed by atoms with E-state index >= 15 is 0 Å². The lowest BCUT2D eigenvalue weighted by atomic mass is 9.84. The fourth-order valence-electron chi connectivity index (χ4n) is 2.19. The van der Waals surface area contributed by atoms with Crippen LogP contribution in [0.15, 0.2) is 0 Å². The molecule has 0 fully saturated rings. The number of alkyl halides is 3. The highest BCUT2D eigenvalue weighted by atomic mass is 19.4. The van der Waals surface area contributed by atoms with E-state index in [1.165, 1.54) is 11.7 Å². The molecule has 0 bridgehead atoms. The Bertz CT molecular complexity index is 420. The van der Waals surface area contributed by atoms with E-state index in [0.29, 0.717) is 18.5 Å². The average molecular weight is 234 g/mol. The molecule has 0 aliphatic heterocycles. The lowest BCUT2D eigenvalue weighted by molar-refractivity contribution is -0.142. The van der Waals surface area contributed by atoms with E-state index in [4.69, 9.17) is 0 Å². The van der Waals surface area contributed by atoms with Gasteiger partial charge in [0, 0.05) is 24.7 Å². The van der Waals surface area contributed by atoms with E-state index in [0.717, 1.165) is 0 Å². The summed E-state index contributed by atoms with van der Waals surface area (Å²) in [6.07, 6.45) is -3.53. The quantitative estimate of drug-likeness (QED) is 0.741. The summed E-state index contributed by atoms with van der Waals surface area (Å²) in [5.41, 5.74) is -1.19. The molecular weight excluding hydrogens is 221 g/mol. The largest absolute Gasteiger partial charge is 0.435 e. The maximum Gasteiger partial charge on any atom is 0.435 e. The van der Waals surface area contributed by atoms with E-state index in [9.17, 15) is 18.3 Å². The first-order valence-electron chi connectivity index (χ1n) is 5.05. The van der Waals surface area contributed by atoms with E-state index < -0.39 is 17.5 Å².